The van der Waals surface area contributed by atoms with Gasteiger partial charge in [0, 0.05) is 11.4 Å². The molecule has 0 amide bonds. The van der Waals surface area contributed by atoms with Crippen molar-refractivity contribution in [3.05, 3.63) is 34.9 Å². The van der Waals surface area contributed by atoms with E-state index in [1.807, 2.05) is 12.1 Å². The van der Waals surface area contributed by atoms with Crippen LogP contribution in [0.2, 0.25) is 5.02 Å². The number of aryl methyl sites for hydroxylation is 1. The zero-order valence-corrected chi connectivity index (χ0v) is 10.3. The molecule has 0 fully saturated rings. The summed E-state index contributed by atoms with van der Waals surface area (Å²) in [6, 6.07) is 7.28. The molecule has 0 spiro atoms. The second-order valence-corrected chi connectivity index (χ2v) is 3.83. The SMILES string of the molecule is CCOC(=O)C(CCc1ccc(Cl)cc1)=NO. The molecule has 0 saturated carbocycles. The maximum atomic E-state index is 11.3. The molecule has 0 bridgehead atoms. The Morgan fingerprint density at radius 2 is 2.06 bits per heavy atom. The summed E-state index contributed by atoms with van der Waals surface area (Å²) in [6.45, 7) is 1.96. The van der Waals surface area contributed by atoms with Gasteiger partial charge >= 0.3 is 5.97 Å². The fraction of sp³-hybridized carbons (Fsp3) is 0.333. The lowest BCUT2D eigenvalue weighted by Gasteiger charge is -2.04. The zero-order valence-electron chi connectivity index (χ0n) is 9.52. The fourth-order valence-corrected chi connectivity index (χ4v) is 1.45. The number of esters is 1. The van der Waals surface area contributed by atoms with E-state index in [4.69, 9.17) is 21.5 Å². The minimum atomic E-state index is -0.580. The number of ether oxygens (including phenoxy) is 1. The molecule has 0 aromatic heterocycles. The van der Waals surface area contributed by atoms with E-state index in [1.54, 1.807) is 19.1 Å². The molecule has 1 aromatic carbocycles. The number of rotatable bonds is 5. The highest BCUT2D eigenvalue weighted by molar-refractivity contribution is 6.36. The van der Waals surface area contributed by atoms with Crippen LogP contribution in [-0.2, 0) is 16.0 Å². The minimum absolute atomic E-state index is 0.0294. The quantitative estimate of drug-likeness (QED) is 0.381. The van der Waals surface area contributed by atoms with Crippen molar-refractivity contribution >= 4 is 23.3 Å². The van der Waals surface area contributed by atoms with E-state index in [9.17, 15) is 4.79 Å². The molecule has 1 rings (SSSR count). The fourth-order valence-electron chi connectivity index (χ4n) is 1.32. The number of hydrogen-bond acceptors (Lipinski definition) is 4. The van der Waals surface area contributed by atoms with Crippen LogP contribution in [0.15, 0.2) is 29.4 Å². The third-order valence-electron chi connectivity index (χ3n) is 2.20. The molecule has 0 heterocycles. The average molecular weight is 256 g/mol. The first-order chi connectivity index (χ1) is 8.17. The molecule has 5 heteroatoms. The summed E-state index contributed by atoms with van der Waals surface area (Å²) in [5, 5.41) is 12.3. The van der Waals surface area contributed by atoms with E-state index >= 15 is 0 Å². The molecule has 17 heavy (non-hydrogen) atoms. The lowest BCUT2D eigenvalue weighted by molar-refractivity contribution is -0.135. The number of benzene rings is 1. The van der Waals surface area contributed by atoms with E-state index in [0.29, 0.717) is 17.9 Å². The third-order valence-corrected chi connectivity index (χ3v) is 2.45. The number of carbonyl (C=O) groups excluding carboxylic acids is 1. The van der Waals surface area contributed by atoms with Crippen molar-refractivity contribution < 1.29 is 14.7 Å². The first-order valence-electron chi connectivity index (χ1n) is 5.30. The van der Waals surface area contributed by atoms with Gasteiger partial charge in [0.25, 0.3) is 0 Å². The van der Waals surface area contributed by atoms with E-state index in [0.717, 1.165) is 5.56 Å². The topological polar surface area (TPSA) is 58.9 Å². The molecule has 92 valence electrons. The molecule has 0 unspecified atom stereocenters. The second kappa shape index (κ2) is 6.91. The van der Waals surface area contributed by atoms with Gasteiger partial charge in [-0.15, -0.1) is 0 Å². The molecule has 0 saturated heterocycles. The molecule has 0 atom stereocenters. The predicted molar refractivity (Wildman–Crippen MR) is 65.6 cm³/mol. The van der Waals surface area contributed by atoms with Crippen LogP contribution < -0.4 is 0 Å². The zero-order chi connectivity index (χ0) is 12.7. The molecule has 0 radical (unpaired) electrons. The predicted octanol–water partition coefficient (Wildman–Crippen LogP) is 2.67. The Morgan fingerprint density at radius 1 is 1.41 bits per heavy atom. The van der Waals surface area contributed by atoms with E-state index < -0.39 is 5.97 Å². The summed E-state index contributed by atoms with van der Waals surface area (Å²) >= 11 is 5.76. The molecular formula is C12H14ClNO3. The molecule has 1 aromatic rings. The Balaban J connectivity index is 2.54. The Bertz CT molecular complexity index is 401. The Hall–Kier alpha value is -1.55. The van der Waals surface area contributed by atoms with Crippen LogP contribution in [0.5, 0.6) is 0 Å². The van der Waals surface area contributed by atoms with Gasteiger partial charge in [0.05, 0.1) is 6.61 Å². The van der Waals surface area contributed by atoms with Gasteiger partial charge in [-0.3, -0.25) is 0 Å². The molecule has 0 aliphatic rings. The molecule has 4 nitrogen and oxygen atoms in total. The van der Waals surface area contributed by atoms with E-state index in [2.05, 4.69) is 5.16 Å². The number of nitrogens with zero attached hydrogens (tertiary/aromatic N) is 1. The number of hydrogen-bond donors (Lipinski definition) is 1. The Kier molecular flexibility index (Phi) is 5.49. The average Bonchev–Trinajstić information content (AvgIpc) is 2.32. The van der Waals surface area contributed by atoms with Gasteiger partial charge in [-0.05, 0) is 31.0 Å². The normalized spacial score (nSPS) is 11.3. The summed E-state index contributed by atoms with van der Waals surface area (Å²) < 4.78 is 4.75. The summed E-state index contributed by atoms with van der Waals surface area (Å²) in [5.41, 5.74) is 1.04. The molecule has 0 aliphatic heterocycles. The molecule has 0 aliphatic carbocycles. The standard InChI is InChI=1S/C12H14ClNO3/c1-2-17-12(15)11(14-16)8-5-9-3-6-10(13)7-4-9/h3-4,6-7,16H,2,5,8H2,1H3. The maximum absolute atomic E-state index is 11.3. The Morgan fingerprint density at radius 3 is 2.59 bits per heavy atom. The third kappa shape index (κ3) is 4.44. The maximum Gasteiger partial charge on any atom is 0.356 e. The van der Waals surface area contributed by atoms with Crippen LogP contribution in [0.1, 0.15) is 18.9 Å². The smallest absolute Gasteiger partial charge is 0.356 e. The lowest BCUT2D eigenvalue weighted by atomic mass is 10.1. The lowest BCUT2D eigenvalue weighted by Crippen LogP contribution is -2.18. The van der Waals surface area contributed by atoms with Gasteiger partial charge in [0.15, 0.2) is 5.71 Å². The summed E-state index contributed by atoms with van der Waals surface area (Å²) in [5.74, 6) is -0.580. The number of halogens is 1. The molecule has 1 N–H and O–H groups in total. The first-order valence-corrected chi connectivity index (χ1v) is 5.67. The van der Waals surface area contributed by atoms with Gasteiger partial charge in [0.2, 0.25) is 0 Å². The van der Waals surface area contributed by atoms with Gasteiger partial charge in [-0.25, -0.2) is 4.79 Å². The van der Waals surface area contributed by atoms with Crippen LogP contribution in [0.4, 0.5) is 0 Å². The van der Waals surface area contributed by atoms with Crippen LogP contribution in [0, 0.1) is 0 Å². The highest BCUT2D eigenvalue weighted by Gasteiger charge is 2.13. The van der Waals surface area contributed by atoms with Crippen LogP contribution in [0.25, 0.3) is 0 Å². The van der Waals surface area contributed by atoms with E-state index in [-0.39, 0.29) is 12.3 Å². The van der Waals surface area contributed by atoms with Gasteiger partial charge in [0.1, 0.15) is 0 Å². The van der Waals surface area contributed by atoms with Gasteiger partial charge in [-0.1, -0.05) is 28.9 Å². The number of oxime groups is 1. The van der Waals surface area contributed by atoms with Crippen LogP contribution in [0.3, 0.4) is 0 Å². The van der Waals surface area contributed by atoms with Crippen molar-refractivity contribution in [3.63, 3.8) is 0 Å². The highest BCUT2D eigenvalue weighted by atomic mass is 35.5. The first kappa shape index (κ1) is 13.5. The summed E-state index contributed by atoms with van der Waals surface area (Å²) in [4.78, 5) is 11.3. The van der Waals surface area contributed by atoms with Gasteiger partial charge in [-0.2, -0.15) is 0 Å². The number of carbonyl (C=O) groups is 1. The summed E-state index contributed by atoms with van der Waals surface area (Å²) in [6.07, 6.45) is 0.923. The summed E-state index contributed by atoms with van der Waals surface area (Å²) in [7, 11) is 0. The van der Waals surface area contributed by atoms with Crippen molar-refractivity contribution in [3.8, 4) is 0 Å². The van der Waals surface area contributed by atoms with Gasteiger partial charge < -0.3 is 9.94 Å². The van der Waals surface area contributed by atoms with Crippen molar-refractivity contribution in [2.24, 2.45) is 5.16 Å². The van der Waals surface area contributed by atoms with Crippen LogP contribution in [-0.4, -0.2) is 23.5 Å². The van der Waals surface area contributed by atoms with E-state index in [1.165, 1.54) is 0 Å². The Labute approximate surface area is 105 Å². The van der Waals surface area contributed by atoms with Crippen molar-refractivity contribution in [2.75, 3.05) is 6.61 Å². The largest absolute Gasteiger partial charge is 0.461 e. The minimum Gasteiger partial charge on any atom is -0.461 e. The molecular weight excluding hydrogens is 242 g/mol. The second-order valence-electron chi connectivity index (χ2n) is 3.39. The highest BCUT2D eigenvalue weighted by Crippen LogP contribution is 2.11. The van der Waals surface area contributed by atoms with Crippen molar-refractivity contribution in [1.82, 2.24) is 0 Å². The van der Waals surface area contributed by atoms with Crippen LogP contribution >= 0.6 is 11.6 Å². The van der Waals surface area contributed by atoms with Crippen molar-refractivity contribution in [2.45, 2.75) is 19.8 Å². The van der Waals surface area contributed by atoms with Crippen molar-refractivity contribution in [1.29, 1.82) is 0 Å². The monoisotopic (exact) mass is 255 g/mol.